The molecule has 23 heavy (non-hydrogen) atoms. The van der Waals surface area contributed by atoms with Crippen LogP contribution in [0, 0.1) is 12.8 Å². The minimum atomic E-state index is 0.0909. The highest BCUT2D eigenvalue weighted by molar-refractivity contribution is 7.19. The molecule has 0 bridgehead atoms. The maximum absolute atomic E-state index is 11.7. The second-order valence-corrected chi connectivity index (χ2v) is 6.88. The Morgan fingerprint density at radius 2 is 2.00 bits per heavy atom. The molecule has 0 unspecified atom stereocenters. The lowest BCUT2D eigenvalue weighted by molar-refractivity contribution is -0.121. The molecule has 2 heterocycles. The van der Waals surface area contributed by atoms with Gasteiger partial charge in [-0.3, -0.25) is 4.79 Å². The lowest BCUT2D eigenvalue weighted by Crippen LogP contribution is -2.23. The molecule has 0 aliphatic rings. The van der Waals surface area contributed by atoms with Crippen molar-refractivity contribution < 1.29 is 4.79 Å². The second-order valence-electron chi connectivity index (χ2n) is 5.92. The van der Waals surface area contributed by atoms with Gasteiger partial charge in [-0.25, -0.2) is 0 Å². The maximum atomic E-state index is 11.7. The number of aryl methyl sites for hydroxylation is 1. The lowest BCUT2D eigenvalue weighted by atomic mass is 10.1. The first-order valence-corrected chi connectivity index (χ1v) is 8.39. The molecular weight excluding hydrogens is 310 g/mol. The number of carbonyl (C=O) groups is 1. The fourth-order valence-corrected chi connectivity index (χ4v) is 3.13. The predicted octanol–water partition coefficient (Wildman–Crippen LogP) is 2.82. The van der Waals surface area contributed by atoms with Gasteiger partial charge in [0.25, 0.3) is 0 Å². The van der Waals surface area contributed by atoms with E-state index >= 15 is 0 Å². The van der Waals surface area contributed by atoms with Crippen LogP contribution in [0.2, 0.25) is 0 Å². The zero-order chi connectivity index (χ0) is 16.4. The van der Waals surface area contributed by atoms with Crippen LogP contribution in [0.1, 0.15) is 31.7 Å². The Kier molecular flexibility index (Phi) is 4.38. The van der Waals surface area contributed by atoms with Crippen LogP contribution in [0.3, 0.4) is 0 Å². The van der Waals surface area contributed by atoms with Crippen molar-refractivity contribution in [1.29, 1.82) is 0 Å². The Hall–Kier alpha value is -2.28. The van der Waals surface area contributed by atoms with Gasteiger partial charge in [-0.2, -0.15) is 9.61 Å². The van der Waals surface area contributed by atoms with Gasteiger partial charge in [0, 0.05) is 18.5 Å². The molecule has 0 fully saturated rings. The highest BCUT2D eigenvalue weighted by atomic mass is 32.1. The van der Waals surface area contributed by atoms with E-state index in [2.05, 4.69) is 20.6 Å². The normalized spacial score (nSPS) is 11.3. The second kappa shape index (κ2) is 6.45. The van der Waals surface area contributed by atoms with Crippen LogP contribution in [-0.2, 0) is 11.3 Å². The predicted molar refractivity (Wildman–Crippen MR) is 90.1 cm³/mol. The Labute approximate surface area is 138 Å². The summed E-state index contributed by atoms with van der Waals surface area (Å²) in [6.45, 7) is 6.51. The number of amides is 1. The Morgan fingerprint density at radius 3 is 2.65 bits per heavy atom. The molecule has 2 aromatic heterocycles. The van der Waals surface area contributed by atoms with Crippen molar-refractivity contribution in [2.45, 2.75) is 33.7 Å². The van der Waals surface area contributed by atoms with Crippen molar-refractivity contribution >= 4 is 22.2 Å². The molecule has 7 heteroatoms. The summed E-state index contributed by atoms with van der Waals surface area (Å²) in [4.78, 5) is 12.5. The SMILES string of the molecule is Cc1nnc2sc(-c3ccc(CNC(=O)CC(C)C)cc3)nn12. The molecule has 3 rings (SSSR count). The maximum Gasteiger partial charge on any atom is 0.234 e. The van der Waals surface area contributed by atoms with Crippen LogP contribution < -0.4 is 5.32 Å². The third-order valence-electron chi connectivity index (χ3n) is 3.43. The van der Waals surface area contributed by atoms with E-state index in [0.717, 1.165) is 26.9 Å². The number of hydrogen-bond donors (Lipinski definition) is 1. The number of fused-ring (bicyclic) bond motifs is 1. The first-order chi connectivity index (χ1) is 11.0. The van der Waals surface area contributed by atoms with Gasteiger partial charge in [0.1, 0.15) is 5.01 Å². The molecular formula is C16H19N5OS. The third kappa shape index (κ3) is 3.56. The highest BCUT2D eigenvalue weighted by Gasteiger charge is 2.10. The topological polar surface area (TPSA) is 72.2 Å². The molecule has 6 nitrogen and oxygen atoms in total. The van der Waals surface area contributed by atoms with Crippen molar-refractivity contribution in [3.05, 3.63) is 35.7 Å². The molecule has 1 aromatic carbocycles. The van der Waals surface area contributed by atoms with Crippen molar-refractivity contribution in [3.63, 3.8) is 0 Å². The largest absolute Gasteiger partial charge is 0.352 e. The Bertz CT molecular complexity index is 819. The van der Waals surface area contributed by atoms with Gasteiger partial charge in [0.15, 0.2) is 5.82 Å². The minimum Gasteiger partial charge on any atom is -0.352 e. The van der Waals surface area contributed by atoms with Gasteiger partial charge >= 0.3 is 0 Å². The Balaban J connectivity index is 1.68. The fourth-order valence-electron chi connectivity index (χ4n) is 2.24. The van der Waals surface area contributed by atoms with Crippen LogP contribution in [0.5, 0.6) is 0 Å². The number of aromatic nitrogens is 4. The van der Waals surface area contributed by atoms with Crippen LogP contribution in [-0.4, -0.2) is 25.7 Å². The molecule has 120 valence electrons. The van der Waals surface area contributed by atoms with E-state index in [1.807, 2.05) is 45.0 Å². The Morgan fingerprint density at radius 1 is 1.26 bits per heavy atom. The molecule has 0 aliphatic carbocycles. The van der Waals surface area contributed by atoms with Gasteiger partial charge in [-0.15, -0.1) is 10.2 Å². The van der Waals surface area contributed by atoms with Gasteiger partial charge < -0.3 is 5.32 Å². The van der Waals surface area contributed by atoms with Crippen LogP contribution in [0.15, 0.2) is 24.3 Å². The first kappa shape index (κ1) is 15.6. The number of carbonyl (C=O) groups excluding carboxylic acids is 1. The molecule has 0 spiro atoms. The molecule has 0 radical (unpaired) electrons. The molecule has 0 aliphatic heterocycles. The highest BCUT2D eigenvalue weighted by Crippen LogP contribution is 2.25. The van der Waals surface area contributed by atoms with E-state index in [4.69, 9.17) is 0 Å². The van der Waals surface area contributed by atoms with Crippen molar-refractivity contribution in [1.82, 2.24) is 25.1 Å². The quantitative estimate of drug-likeness (QED) is 0.781. The van der Waals surface area contributed by atoms with E-state index < -0.39 is 0 Å². The fraction of sp³-hybridized carbons (Fsp3) is 0.375. The lowest BCUT2D eigenvalue weighted by Gasteiger charge is -2.07. The van der Waals surface area contributed by atoms with Crippen LogP contribution in [0.4, 0.5) is 0 Å². The van der Waals surface area contributed by atoms with Crippen LogP contribution >= 0.6 is 11.3 Å². The van der Waals surface area contributed by atoms with Crippen LogP contribution in [0.25, 0.3) is 15.5 Å². The third-order valence-corrected chi connectivity index (χ3v) is 4.38. The zero-order valence-electron chi connectivity index (χ0n) is 13.4. The van der Waals surface area contributed by atoms with Crippen molar-refractivity contribution in [3.8, 4) is 10.6 Å². The summed E-state index contributed by atoms with van der Waals surface area (Å²) in [5, 5.41) is 16.4. The van der Waals surface area contributed by atoms with Gasteiger partial charge in [0.05, 0.1) is 0 Å². The standard InChI is InChI=1S/C16H19N5OS/c1-10(2)8-14(22)17-9-12-4-6-13(7-5-12)15-20-21-11(3)18-19-16(21)23-15/h4-7,10H,8-9H2,1-3H3,(H,17,22). The first-order valence-electron chi connectivity index (χ1n) is 7.58. The smallest absolute Gasteiger partial charge is 0.234 e. The molecule has 1 amide bonds. The zero-order valence-corrected chi connectivity index (χ0v) is 14.2. The van der Waals surface area contributed by atoms with Crippen molar-refractivity contribution in [2.75, 3.05) is 0 Å². The van der Waals surface area contributed by atoms with E-state index in [-0.39, 0.29) is 5.91 Å². The average Bonchev–Trinajstić information content (AvgIpc) is 3.08. The van der Waals surface area contributed by atoms with E-state index in [1.54, 1.807) is 4.52 Å². The summed E-state index contributed by atoms with van der Waals surface area (Å²) in [7, 11) is 0. The average molecular weight is 329 g/mol. The minimum absolute atomic E-state index is 0.0909. The van der Waals surface area contributed by atoms with Gasteiger partial charge in [-0.05, 0) is 18.4 Å². The summed E-state index contributed by atoms with van der Waals surface area (Å²) in [5.74, 6) is 1.25. The van der Waals surface area contributed by atoms with E-state index in [0.29, 0.717) is 18.9 Å². The number of nitrogens with one attached hydrogen (secondary N) is 1. The molecule has 0 saturated carbocycles. The number of rotatable bonds is 5. The molecule has 3 aromatic rings. The van der Waals surface area contributed by atoms with E-state index in [1.165, 1.54) is 11.3 Å². The summed E-state index contributed by atoms with van der Waals surface area (Å²) >= 11 is 1.51. The molecule has 0 saturated heterocycles. The summed E-state index contributed by atoms with van der Waals surface area (Å²) in [6, 6.07) is 8.07. The molecule has 1 N–H and O–H groups in total. The van der Waals surface area contributed by atoms with Crippen molar-refractivity contribution in [2.24, 2.45) is 5.92 Å². The monoisotopic (exact) mass is 329 g/mol. The summed E-state index contributed by atoms with van der Waals surface area (Å²) in [5.41, 5.74) is 2.11. The summed E-state index contributed by atoms with van der Waals surface area (Å²) < 4.78 is 1.75. The number of benzene rings is 1. The van der Waals surface area contributed by atoms with Gasteiger partial charge in [-0.1, -0.05) is 49.4 Å². The molecule has 0 atom stereocenters. The number of hydrogen-bond acceptors (Lipinski definition) is 5. The number of nitrogens with zero attached hydrogens (tertiary/aromatic N) is 4. The van der Waals surface area contributed by atoms with Gasteiger partial charge in [0.2, 0.25) is 10.9 Å². The summed E-state index contributed by atoms with van der Waals surface area (Å²) in [6.07, 6.45) is 0.560. The van der Waals surface area contributed by atoms with E-state index in [9.17, 15) is 4.79 Å².